The molecule has 0 unspecified atom stereocenters. The number of carbonyl (C=O) groups excluding carboxylic acids is 4. The number of rotatable bonds is 5. The van der Waals surface area contributed by atoms with Gasteiger partial charge in [-0.25, -0.2) is 4.90 Å². The maximum atomic E-state index is 15.1. The highest BCUT2D eigenvalue weighted by atomic mass is 35.5. The van der Waals surface area contributed by atoms with E-state index in [0.717, 1.165) is 37.2 Å². The number of phenols is 1. The summed E-state index contributed by atoms with van der Waals surface area (Å²) in [6, 6.07) is 22.4. The number of aromatic hydroxyl groups is 1. The van der Waals surface area contributed by atoms with Crippen LogP contribution in [0, 0.1) is 42.9 Å². The molecule has 1 N–H and O–H groups in total. The third kappa shape index (κ3) is 4.84. The third-order valence-corrected chi connectivity index (χ3v) is 13.8. The van der Waals surface area contributed by atoms with Crippen molar-refractivity contribution in [1.29, 1.82) is 0 Å². The summed E-state index contributed by atoms with van der Waals surface area (Å²) in [5, 5.41) is 17.0. The van der Waals surface area contributed by atoms with E-state index in [0.29, 0.717) is 28.5 Å². The zero-order valence-electron chi connectivity index (χ0n) is 29.7. The number of nitrogens with zero attached hydrogens (tertiary/aromatic N) is 4. The van der Waals surface area contributed by atoms with Crippen LogP contribution in [-0.4, -0.2) is 43.4 Å². The lowest BCUT2D eigenvalue weighted by Gasteiger charge is -2.49. The normalized spacial score (nSPS) is 26.7. The third-order valence-electron chi connectivity index (χ3n) is 12.3. The zero-order valence-corrected chi connectivity index (χ0v) is 31.2. The molecule has 6 atom stereocenters. The number of amides is 4. The van der Waals surface area contributed by atoms with Crippen LogP contribution in [0.4, 0.5) is 5.82 Å². The van der Waals surface area contributed by atoms with Gasteiger partial charge in [-0.3, -0.25) is 28.8 Å². The van der Waals surface area contributed by atoms with Crippen molar-refractivity contribution in [2.45, 2.75) is 46.1 Å². The first-order valence-corrected chi connectivity index (χ1v) is 19.1. The number of imide groups is 2. The molecule has 4 heterocycles. The number of benzene rings is 3. The number of carbonyl (C=O) groups is 4. The van der Waals surface area contributed by atoms with Crippen molar-refractivity contribution < 1.29 is 24.3 Å². The Morgan fingerprint density at radius 2 is 1.72 bits per heavy atom. The maximum absolute atomic E-state index is 15.1. The highest BCUT2D eigenvalue weighted by molar-refractivity contribution is 7.22. The van der Waals surface area contributed by atoms with Crippen LogP contribution >= 0.6 is 22.9 Å². The zero-order chi connectivity index (χ0) is 37.1. The van der Waals surface area contributed by atoms with E-state index in [1.165, 1.54) is 9.80 Å². The maximum Gasteiger partial charge on any atom is 0.242 e. The molecule has 4 amide bonds. The number of fused-ring (bicyclic) bond motifs is 5. The summed E-state index contributed by atoms with van der Waals surface area (Å²) < 4.78 is 2.65. The van der Waals surface area contributed by atoms with Gasteiger partial charge in [-0.2, -0.15) is 5.10 Å². The van der Waals surface area contributed by atoms with Crippen LogP contribution < -0.4 is 4.90 Å². The van der Waals surface area contributed by atoms with Crippen molar-refractivity contribution in [3.63, 3.8) is 0 Å². The van der Waals surface area contributed by atoms with Gasteiger partial charge in [0.25, 0.3) is 0 Å². The van der Waals surface area contributed by atoms with Gasteiger partial charge in [0, 0.05) is 28.8 Å². The predicted octanol–water partition coefficient (Wildman–Crippen LogP) is 7.71. The first-order valence-electron chi connectivity index (χ1n) is 17.9. The van der Waals surface area contributed by atoms with Gasteiger partial charge in [0.1, 0.15) is 17.3 Å². The van der Waals surface area contributed by atoms with Crippen molar-refractivity contribution in [2.24, 2.45) is 36.1 Å². The first-order chi connectivity index (χ1) is 25.4. The summed E-state index contributed by atoms with van der Waals surface area (Å²) in [6.45, 7) is 5.88. The van der Waals surface area contributed by atoms with Gasteiger partial charge in [-0.05, 0) is 91.4 Å². The minimum absolute atomic E-state index is 0.130. The Kier molecular flexibility index (Phi) is 7.63. The largest absolute Gasteiger partial charge is 0.508 e. The molecule has 4 aliphatic rings. The fourth-order valence-electron chi connectivity index (χ4n) is 9.67. The van der Waals surface area contributed by atoms with Crippen molar-refractivity contribution in [3.8, 4) is 16.3 Å². The first kappa shape index (κ1) is 33.8. The van der Waals surface area contributed by atoms with Crippen molar-refractivity contribution in [1.82, 2.24) is 14.7 Å². The van der Waals surface area contributed by atoms with Gasteiger partial charge >= 0.3 is 0 Å². The molecule has 2 aromatic heterocycles. The van der Waals surface area contributed by atoms with Crippen molar-refractivity contribution in [2.75, 3.05) is 4.90 Å². The Labute approximate surface area is 315 Å². The molecule has 2 aliphatic carbocycles. The standard InChI is InChI=1S/C42H37ClN4O5S/c1-21-16-24(10-14-32(21)48)36-26-12-13-27-35(40(51)46(38(27)49)20-23-8-6-5-7-9-23)29(26)18-30-39(50)47(41(52)42(30,36)3)34-19-31(44-45(34)4)37-22(2)28-17-25(43)11-15-33(28)53-37/h5-12,14-17,19,27,29-30,35-36,48H,13,18,20H2,1-4H3/t27-,29+,30-,35-,36-,42+/m0/s1. The number of aryl methyl sites for hydroxylation is 3. The van der Waals surface area contributed by atoms with Crippen LogP contribution in [0.15, 0.2) is 84.4 Å². The quantitative estimate of drug-likeness (QED) is 0.146. The van der Waals surface area contributed by atoms with E-state index in [4.69, 9.17) is 16.7 Å². The second-order valence-corrected chi connectivity index (χ2v) is 16.7. The Morgan fingerprint density at radius 1 is 0.943 bits per heavy atom. The molecule has 53 heavy (non-hydrogen) atoms. The highest BCUT2D eigenvalue weighted by Crippen LogP contribution is 2.64. The molecule has 0 spiro atoms. The number of hydrogen-bond acceptors (Lipinski definition) is 7. The molecule has 2 aliphatic heterocycles. The van der Waals surface area contributed by atoms with Gasteiger partial charge in [0.2, 0.25) is 23.6 Å². The molecule has 11 heteroatoms. The number of likely N-dealkylation sites (tertiary alicyclic amines) is 1. The lowest BCUT2D eigenvalue weighted by molar-refractivity contribution is -0.141. The average Bonchev–Trinajstić information content (AvgIpc) is 3.81. The van der Waals surface area contributed by atoms with Gasteiger partial charge in [-0.1, -0.05) is 65.7 Å². The number of anilines is 1. The van der Waals surface area contributed by atoms with E-state index >= 15 is 4.79 Å². The Hall–Kier alpha value is -5.06. The lowest BCUT2D eigenvalue weighted by Crippen LogP contribution is -2.48. The average molecular weight is 745 g/mol. The van der Waals surface area contributed by atoms with Crippen molar-refractivity contribution in [3.05, 3.63) is 112 Å². The van der Waals surface area contributed by atoms with E-state index < -0.39 is 35.0 Å². The van der Waals surface area contributed by atoms with Crippen LogP contribution in [0.1, 0.15) is 47.9 Å². The van der Waals surface area contributed by atoms with Crippen LogP contribution in [0.2, 0.25) is 5.02 Å². The minimum Gasteiger partial charge on any atom is -0.508 e. The molecule has 9 nitrogen and oxygen atoms in total. The SMILES string of the molecule is Cc1cc([C@H]2C3=CC[C@@H]4C(=O)N(Cc5ccccc5)C(=O)[C@@H]4[C@@H]3C[C@H]3C(=O)N(c4cc(-c5sc6ccc(Cl)cc6c5C)nn4C)C(=O)[C@@]23C)ccc1O. The second-order valence-electron chi connectivity index (χ2n) is 15.2. The number of halogens is 1. The Balaban J connectivity index is 1.14. The number of allylic oxidation sites excluding steroid dienone is 2. The molecule has 0 bridgehead atoms. The fraction of sp³-hybridized carbons (Fsp3) is 0.310. The van der Waals surface area contributed by atoms with Gasteiger partial charge < -0.3 is 5.11 Å². The second kappa shape index (κ2) is 12.0. The molecule has 2 saturated heterocycles. The van der Waals surface area contributed by atoms with E-state index in [9.17, 15) is 19.5 Å². The molecule has 5 aromatic rings. The number of thiophene rings is 1. The lowest BCUT2D eigenvalue weighted by atomic mass is 9.51. The number of hydrogen-bond donors (Lipinski definition) is 1. The summed E-state index contributed by atoms with van der Waals surface area (Å²) in [5.41, 5.74) is 3.66. The number of phenolic OH excluding ortho intramolecular Hbond substituents is 1. The van der Waals surface area contributed by atoms with Crippen LogP contribution in [0.5, 0.6) is 5.75 Å². The molecule has 0 radical (unpaired) electrons. The highest BCUT2D eigenvalue weighted by Gasteiger charge is 2.68. The topological polar surface area (TPSA) is 113 Å². The number of aromatic nitrogens is 2. The fourth-order valence-corrected chi connectivity index (χ4v) is 11.0. The van der Waals surface area contributed by atoms with E-state index in [1.54, 1.807) is 42.1 Å². The smallest absolute Gasteiger partial charge is 0.242 e. The molecular weight excluding hydrogens is 708 g/mol. The molecule has 9 rings (SSSR count). The van der Waals surface area contributed by atoms with Crippen LogP contribution in [0.3, 0.4) is 0 Å². The van der Waals surface area contributed by atoms with Gasteiger partial charge in [0.05, 0.1) is 34.6 Å². The monoisotopic (exact) mass is 744 g/mol. The van der Waals surface area contributed by atoms with Gasteiger partial charge in [-0.15, -0.1) is 11.3 Å². The summed E-state index contributed by atoms with van der Waals surface area (Å²) in [6.07, 6.45) is 2.69. The molecule has 268 valence electrons. The summed E-state index contributed by atoms with van der Waals surface area (Å²) in [7, 11) is 1.74. The van der Waals surface area contributed by atoms with Crippen molar-refractivity contribution >= 4 is 62.5 Å². The van der Waals surface area contributed by atoms with E-state index in [1.807, 2.05) is 74.5 Å². The van der Waals surface area contributed by atoms with Crippen LogP contribution in [-0.2, 0) is 32.8 Å². The van der Waals surface area contributed by atoms with E-state index in [-0.39, 0.29) is 42.3 Å². The molecule has 1 saturated carbocycles. The molecular formula is C42H37ClN4O5S. The summed E-state index contributed by atoms with van der Waals surface area (Å²) in [5.74, 6) is -3.53. The van der Waals surface area contributed by atoms with E-state index in [2.05, 4.69) is 6.08 Å². The Morgan fingerprint density at radius 3 is 2.47 bits per heavy atom. The minimum atomic E-state index is -1.21. The van der Waals surface area contributed by atoms with Gasteiger partial charge in [0.15, 0.2) is 0 Å². The van der Waals surface area contributed by atoms with Crippen LogP contribution in [0.25, 0.3) is 20.7 Å². The summed E-state index contributed by atoms with van der Waals surface area (Å²) >= 11 is 7.90. The molecule has 3 aromatic carbocycles. The summed E-state index contributed by atoms with van der Waals surface area (Å²) in [4.78, 5) is 61.7. The predicted molar refractivity (Wildman–Crippen MR) is 203 cm³/mol. The molecule has 3 fully saturated rings. The Bertz CT molecular complexity index is 2450.